The quantitative estimate of drug-likeness (QED) is 0.620. The third kappa shape index (κ3) is 2.38. The van der Waals surface area contributed by atoms with Gasteiger partial charge >= 0.3 is 5.69 Å². The van der Waals surface area contributed by atoms with Gasteiger partial charge in [0.05, 0.1) is 10.6 Å². The predicted molar refractivity (Wildman–Crippen MR) is 65.2 cm³/mol. The number of hydrogen-bond donors (Lipinski definition) is 2. The van der Waals surface area contributed by atoms with Crippen LogP contribution in [0.15, 0.2) is 16.8 Å². The Morgan fingerprint density at radius 3 is 2.72 bits per heavy atom. The van der Waals surface area contributed by atoms with Gasteiger partial charge in [-0.05, 0) is 30.2 Å². The second-order valence-corrected chi connectivity index (χ2v) is 4.69. The molecule has 96 valence electrons. The minimum Gasteiger partial charge on any atom is -0.381 e. The van der Waals surface area contributed by atoms with Gasteiger partial charge in [-0.15, -0.1) is 0 Å². The lowest BCUT2D eigenvalue weighted by Gasteiger charge is -2.19. The number of non-ortho nitro benzene ring substituents is 1. The van der Waals surface area contributed by atoms with Gasteiger partial charge in [0, 0.05) is 18.2 Å². The van der Waals surface area contributed by atoms with Crippen molar-refractivity contribution in [2.24, 2.45) is 5.73 Å². The summed E-state index contributed by atoms with van der Waals surface area (Å²) in [5.41, 5.74) is 6.36. The first-order valence-corrected chi connectivity index (χ1v) is 5.31. The average molecular weight is 251 g/mol. The lowest BCUT2D eigenvalue weighted by atomic mass is 10.1. The highest BCUT2D eigenvalue weighted by Gasteiger charge is 2.20. The van der Waals surface area contributed by atoms with Gasteiger partial charge < -0.3 is 11.1 Å². The molecule has 0 atom stereocenters. The van der Waals surface area contributed by atoms with Gasteiger partial charge in [-0.25, -0.2) is 4.63 Å². The number of benzene rings is 1. The highest BCUT2D eigenvalue weighted by molar-refractivity contribution is 5.93. The SMILES string of the molecule is CC(C)(N)CNc1ccc([N+](=O)[O-])c2nonc12. The number of nitro benzene ring substituents is 1. The van der Waals surface area contributed by atoms with E-state index in [0.29, 0.717) is 17.7 Å². The molecule has 0 spiro atoms. The molecular formula is C10H13N5O3. The van der Waals surface area contributed by atoms with Crippen LogP contribution in [0.4, 0.5) is 11.4 Å². The molecule has 8 heteroatoms. The number of rotatable bonds is 4. The molecule has 0 aliphatic rings. The monoisotopic (exact) mass is 251 g/mol. The van der Waals surface area contributed by atoms with Crippen molar-refractivity contribution in [1.29, 1.82) is 0 Å². The lowest BCUT2D eigenvalue weighted by molar-refractivity contribution is -0.383. The topological polar surface area (TPSA) is 120 Å². The van der Waals surface area contributed by atoms with Gasteiger partial charge in [-0.1, -0.05) is 0 Å². The van der Waals surface area contributed by atoms with Crippen LogP contribution in [-0.4, -0.2) is 27.3 Å². The molecule has 1 aromatic carbocycles. The summed E-state index contributed by atoms with van der Waals surface area (Å²) in [5, 5.41) is 21.1. The molecule has 0 radical (unpaired) electrons. The number of hydrogen-bond acceptors (Lipinski definition) is 7. The molecule has 2 aromatic rings. The number of nitro groups is 1. The summed E-state index contributed by atoms with van der Waals surface area (Å²) in [6.07, 6.45) is 0. The van der Waals surface area contributed by atoms with Gasteiger partial charge in [0.25, 0.3) is 0 Å². The summed E-state index contributed by atoms with van der Waals surface area (Å²) < 4.78 is 4.55. The standard InChI is InChI=1S/C10H13N5O3/c1-10(2,11)5-12-6-3-4-7(15(16)17)9-8(6)13-18-14-9/h3-4,12H,5,11H2,1-2H3. The number of nitrogens with zero attached hydrogens (tertiary/aromatic N) is 3. The van der Waals surface area contributed by atoms with E-state index in [1.807, 2.05) is 13.8 Å². The Bertz CT molecular complexity index is 587. The second kappa shape index (κ2) is 4.22. The third-order valence-corrected chi connectivity index (χ3v) is 2.33. The number of anilines is 1. The summed E-state index contributed by atoms with van der Waals surface area (Å²) in [4.78, 5) is 10.3. The molecule has 0 bridgehead atoms. The predicted octanol–water partition coefficient (Wildman–Crippen LogP) is 1.28. The number of fused-ring (bicyclic) bond motifs is 1. The summed E-state index contributed by atoms with van der Waals surface area (Å²) in [6, 6.07) is 2.93. The van der Waals surface area contributed by atoms with Crippen molar-refractivity contribution in [3.63, 3.8) is 0 Å². The average Bonchev–Trinajstić information content (AvgIpc) is 2.72. The molecule has 3 N–H and O–H groups in total. The number of aromatic nitrogens is 2. The van der Waals surface area contributed by atoms with Crippen LogP contribution in [0, 0.1) is 10.1 Å². The second-order valence-electron chi connectivity index (χ2n) is 4.69. The number of nitrogens with one attached hydrogen (secondary N) is 1. The largest absolute Gasteiger partial charge is 0.381 e. The van der Waals surface area contributed by atoms with Crippen LogP contribution in [0.25, 0.3) is 11.0 Å². The highest BCUT2D eigenvalue weighted by Crippen LogP contribution is 2.28. The van der Waals surface area contributed by atoms with E-state index in [2.05, 4.69) is 20.3 Å². The van der Waals surface area contributed by atoms with Crippen LogP contribution >= 0.6 is 0 Å². The third-order valence-electron chi connectivity index (χ3n) is 2.33. The van der Waals surface area contributed by atoms with E-state index in [4.69, 9.17) is 5.73 Å². The lowest BCUT2D eigenvalue weighted by Crippen LogP contribution is -2.39. The molecule has 8 nitrogen and oxygen atoms in total. The first kappa shape index (κ1) is 12.2. The van der Waals surface area contributed by atoms with E-state index >= 15 is 0 Å². The van der Waals surface area contributed by atoms with E-state index in [1.165, 1.54) is 6.07 Å². The van der Waals surface area contributed by atoms with Crippen molar-refractivity contribution >= 4 is 22.4 Å². The van der Waals surface area contributed by atoms with Crippen LogP contribution in [0.2, 0.25) is 0 Å². The molecule has 1 aromatic heterocycles. The summed E-state index contributed by atoms with van der Waals surface area (Å²) in [5.74, 6) is 0. The normalized spacial score (nSPS) is 11.7. The van der Waals surface area contributed by atoms with Crippen molar-refractivity contribution < 1.29 is 9.55 Å². The molecule has 0 saturated heterocycles. The molecule has 0 saturated carbocycles. The van der Waals surface area contributed by atoms with Crippen molar-refractivity contribution in [3.05, 3.63) is 22.2 Å². The Labute approximate surface area is 102 Å². The first-order valence-electron chi connectivity index (χ1n) is 5.31. The molecule has 0 fully saturated rings. The van der Waals surface area contributed by atoms with Crippen LogP contribution in [0.1, 0.15) is 13.8 Å². The van der Waals surface area contributed by atoms with Crippen molar-refractivity contribution in [2.45, 2.75) is 19.4 Å². The minimum atomic E-state index is -0.525. The maximum atomic E-state index is 10.8. The molecule has 0 aliphatic carbocycles. The summed E-state index contributed by atoms with van der Waals surface area (Å²) in [6.45, 7) is 4.22. The Kier molecular flexibility index (Phi) is 2.87. The molecule has 18 heavy (non-hydrogen) atoms. The molecular weight excluding hydrogens is 238 g/mol. The Morgan fingerprint density at radius 2 is 2.11 bits per heavy atom. The van der Waals surface area contributed by atoms with Gasteiger partial charge in [-0.3, -0.25) is 10.1 Å². The first-order chi connectivity index (χ1) is 8.38. The maximum Gasteiger partial charge on any atom is 0.300 e. The Hall–Kier alpha value is -2.22. The Morgan fingerprint density at radius 1 is 1.44 bits per heavy atom. The van der Waals surface area contributed by atoms with Crippen molar-refractivity contribution in [3.8, 4) is 0 Å². The van der Waals surface area contributed by atoms with E-state index in [1.54, 1.807) is 6.07 Å². The van der Waals surface area contributed by atoms with E-state index in [0.717, 1.165) is 0 Å². The zero-order valence-electron chi connectivity index (χ0n) is 10.0. The molecule has 2 rings (SSSR count). The maximum absolute atomic E-state index is 10.8. The fraction of sp³-hybridized carbons (Fsp3) is 0.400. The summed E-state index contributed by atoms with van der Waals surface area (Å²) in [7, 11) is 0. The van der Waals surface area contributed by atoms with E-state index in [-0.39, 0.29) is 11.2 Å². The van der Waals surface area contributed by atoms with Gasteiger partial charge in [0.1, 0.15) is 0 Å². The van der Waals surface area contributed by atoms with E-state index in [9.17, 15) is 10.1 Å². The number of nitrogens with two attached hydrogens (primary N) is 1. The van der Waals surface area contributed by atoms with Crippen LogP contribution in [0.5, 0.6) is 0 Å². The smallest absolute Gasteiger partial charge is 0.300 e. The fourth-order valence-corrected chi connectivity index (χ4v) is 1.47. The minimum absolute atomic E-state index is 0.125. The van der Waals surface area contributed by atoms with Crippen LogP contribution in [0.3, 0.4) is 0 Å². The molecule has 0 amide bonds. The molecule has 0 aliphatic heterocycles. The fourth-order valence-electron chi connectivity index (χ4n) is 1.47. The van der Waals surface area contributed by atoms with Crippen LogP contribution in [-0.2, 0) is 0 Å². The van der Waals surface area contributed by atoms with Crippen molar-refractivity contribution in [2.75, 3.05) is 11.9 Å². The van der Waals surface area contributed by atoms with E-state index < -0.39 is 10.5 Å². The van der Waals surface area contributed by atoms with Crippen LogP contribution < -0.4 is 11.1 Å². The zero-order chi connectivity index (χ0) is 13.3. The molecule has 0 unspecified atom stereocenters. The van der Waals surface area contributed by atoms with Gasteiger partial charge in [0.2, 0.25) is 5.52 Å². The highest BCUT2D eigenvalue weighted by atomic mass is 16.6. The van der Waals surface area contributed by atoms with Gasteiger partial charge in [-0.2, -0.15) is 0 Å². The summed E-state index contributed by atoms with van der Waals surface area (Å²) >= 11 is 0. The molecule has 1 heterocycles. The van der Waals surface area contributed by atoms with Crippen molar-refractivity contribution in [1.82, 2.24) is 10.3 Å². The zero-order valence-corrected chi connectivity index (χ0v) is 10.0. The van der Waals surface area contributed by atoms with Gasteiger partial charge in [0.15, 0.2) is 5.52 Å². The Balaban J connectivity index is 2.39.